The number of aromatic nitrogens is 1. The molecule has 15 heavy (non-hydrogen) atoms. The molecule has 0 unspecified atom stereocenters. The van der Waals surface area contributed by atoms with Crippen LogP contribution in [-0.2, 0) is 4.79 Å². The number of carbonyl (C=O) groups excluding carboxylic acids is 1. The van der Waals surface area contributed by atoms with Gasteiger partial charge in [-0.05, 0) is 0 Å². The minimum atomic E-state index is -1.31. The van der Waals surface area contributed by atoms with Gasteiger partial charge in [0.1, 0.15) is 10.0 Å². The van der Waals surface area contributed by atoms with Crippen LogP contribution in [0, 0.1) is 11.8 Å². The fourth-order valence-electron chi connectivity index (χ4n) is 0.673. The van der Waals surface area contributed by atoms with Crippen LogP contribution in [0.4, 0.5) is 8.78 Å². The molecule has 0 spiro atoms. The van der Waals surface area contributed by atoms with Gasteiger partial charge in [0.2, 0.25) is 11.8 Å². The summed E-state index contributed by atoms with van der Waals surface area (Å²) < 4.78 is 30.2. The zero-order valence-corrected chi connectivity index (χ0v) is 8.57. The molecular formula is C8H3Cl2F2NO2. The third-order valence-corrected chi connectivity index (χ3v) is 1.97. The molecule has 0 saturated heterocycles. The number of hydrogen-bond acceptors (Lipinski definition) is 3. The van der Waals surface area contributed by atoms with E-state index in [1.807, 2.05) is 0 Å². The summed E-state index contributed by atoms with van der Waals surface area (Å²) in [5.41, 5.74) is 0. The van der Waals surface area contributed by atoms with Crippen LogP contribution in [-0.4, -0.2) is 11.0 Å². The van der Waals surface area contributed by atoms with Gasteiger partial charge in [-0.15, -0.1) is 0 Å². The molecule has 0 N–H and O–H groups in total. The van der Waals surface area contributed by atoms with Crippen LogP contribution in [0.3, 0.4) is 0 Å². The highest BCUT2D eigenvalue weighted by atomic mass is 35.5. The van der Waals surface area contributed by atoms with Crippen LogP contribution in [0.1, 0.15) is 0 Å². The molecule has 0 amide bonds. The lowest BCUT2D eigenvalue weighted by Gasteiger charge is -2.04. The second-order valence-electron chi connectivity index (χ2n) is 2.27. The third kappa shape index (κ3) is 2.43. The Bertz CT molecular complexity index is 437. The number of esters is 1. The predicted molar refractivity (Wildman–Crippen MR) is 50.0 cm³/mol. The van der Waals surface area contributed by atoms with Gasteiger partial charge in [0, 0.05) is 6.08 Å². The lowest BCUT2D eigenvalue weighted by molar-refractivity contribution is -0.129. The summed E-state index contributed by atoms with van der Waals surface area (Å²) in [4.78, 5) is 13.8. The molecule has 0 bridgehead atoms. The largest absolute Gasteiger partial charge is 0.402 e. The van der Waals surface area contributed by atoms with E-state index in [0.717, 1.165) is 6.08 Å². The van der Waals surface area contributed by atoms with Gasteiger partial charge in [-0.3, -0.25) is 0 Å². The molecule has 1 aromatic rings. The van der Waals surface area contributed by atoms with Crippen LogP contribution in [0.2, 0.25) is 10.0 Å². The van der Waals surface area contributed by atoms with E-state index in [9.17, 15) is 13.6 Å². The first-order valence-corrected chi connectivity index (χ1v) is 4.27. The van der Waals surface area contributed by atoms with Crippen LogP contribution in [0.5, 0.6) is 5.88 Å². The summed E-state index contributed by atoms with van der Waals surface area (Å²) in [6.07, 6.45) is 0.794. The molecule has 80 valence electrons. The van der Waals surface area contributed by atoms with Gasteiger partial charge in [-0.25, -0.2) is 9.18 Å². The number of ether oxygens (including phenoxy) is 1. The average molecular weight is 254 g/mol. The van der Waals surface area contributed by atoms with Crippen molar-refractivity contribution >= 4 is 29.2 Å². The number of halogens is 4. The van der Waals surface area contributed by atoms with E-state index >= 15 is 0 Å². The van der Waals surface area contributed by atoms with Gasteiger partial charge < -0.3 is 4.74 Å². The van der Waals surface area contributed by atoms with Gasteiger partial charge in [0.15, 0.2) is 5.82 Å². The maximum Gasteiger partial charge on any atom is 0.336 e. The van der Waals surface area contributed by atoms with Crippen LogP contribution in [0.25, 0.3) is 0 Å². The SMILES string of the molecule is C=CC(=O)Oc1nc(F)c(Cl)c(F)c1Cl. The van der Waals surface area contributed by atoms with Crippen molar-refractivity contribution in [3.63, 3.8) is 0 Å². The van der Waals surface area contributed by atoms with E-state index in [-0.39, 0.29) is 0 Å². The van der Waals surface area contributed by atoms with Gasteiger partial charge in [0.25, 0.3) is 0 Å². The molecule has 1 aromatic heterocycles. The van der Waals surface area contributed by atoms with Crippen molar-refractivity contribution in [1.82, 2.24) is 4.98 Å². The zero-order valence-electron chi connectivity index (χ0n) is 7.06. The molecule has 0 aliphatic rings. The average Bonchev–Trinajstić information content (AvgIpc) is 2.22. The number of rotatable bonds is 2. The number of hydrogen-bond donors (Lipinski definition) is 0. The van der Waals surface area contributed by atoms with Crippen molar-refractivity contribution in [3.8, 4) is 5.88 Å². The molecule has 7 heteroatoms. The maximum atomic E-state index is 13.0. The Morgan fingerprint density at radius 2 is 2.00 bits per heavy atom. The first-order valence-electron chi connectivity index (χ1n) is 3.51. The fraction of sp³-hybridized carbons (Fsp3) is 0. The van der Waals surface area contributed by atoms with Crippen molar-refractivity contribution in [1.29, 1.82) is 0 Å². The summed E-state index contributed by atoms with van der Waals surface area (Å²) in [5, 5.41) is -1.53. The number of carbonyl (C=O) groups is 1. The Hall–Kier alpha value is -1.20. The topological polar surface area (TPSA) is 39.2 Å². The molecule has 0 aliphatic carbocycles. The standard InChI is InChI=1S/C8H3Cl2F2NO2/c1-2-3(14)15-8-5(10)6(11)4(9)7(12)13-8/h2H,1H2. The van der Waals surface area contributed by atoms with E-state index < -0.39 is 33.7 Å². The Balaban J connectivity index is 3.20. The maximum absolute atomic E-state index is 13.0. The summed E-state index contributed by atoms with van der Waals surface area (Å²) in [5.74, 6) is -4.19. The van der Waals surface area contributed by atoms with Crippen molar-refractivity contribution in [2.45, 2.75) is 0 Å². The Morgan fingerprint density at radius 3 is 2.53 bits per heavy atom. The molecule has 0 fully saturated rings. The Labute approximate surface area is 93.3 Å². The summed E-state index contributed by atoms with van der Waals surface area (Å²) >= 11 is 10.5. The van der Waals surface area contributed by atoms with Crippen LogP contribution in [0.15, 0.2) is 12.7 Å². The summed E-state index contributed by atoms with van der Waals surface area (Å²) in [7, 11) is 0. The second kappa shape index (κ2) is 4.55. The van der Waals surface area contributed by atoms with Crippen molar-refractivity contribution in [3.05, 3.63) is 34.5 Å². The summed E-state index contributed by atoms with van der Waals surface area (Å²) in [6.45, 7) is 3.09. The number of pyridine rings is 1. The van der Waals surface area contributed by atoms with Crippen molar-refractivity contribution in [2.75, 3.05) is 0 Å². The Morgan fingerprint density at radius 1 is 1.40 bits per heavy atom. The lowest BCUT2D eigenvalue weighted by atomic mass is 10.4. The molecule has 0 radical (unpaired) electrons. The van der Waals surface area contributed by atoms with Crippen molar-refractivity contribution < 1.29 is 18.3 Å². The van der Waals surface area contributed by atoms with Gasteiger partial charge in [-0.2, -0.15) is 9.37 Å². The molecule has 0 saturated carbocycles. The highest BCUT2D eigenvalue weighted by Gasteiger charge is 2.19. The van der Waals surface area contributed by atoms with Crippen LogP contribution >= 0.6 is 23.2 Å². The van der Waals surface area contributed by atoms with E-state index in [4.69, 9.17) is 23.2 Å². The fourth-order valence-corrected chi connectivity index (χ4v) is 1.03. The third-order valence-electron chi connectivity index (χ3n) is 1.32. The zero-order chi connectivity index (χ0) is 11.6. The highest BCUT2D eigenvalue weighted by Crippen LogP contribution is 2.31. The smallest absolute Gasteiger partial charge is 0.336 e. The van der Waals surface area contributed by atoms with E-state index in [1.165, 1.54) is 0 Å². The van der Waals surface area contributed by atoms with Crippen molar-refractivity contribution in [2.24, 2.45) is 0 Å². The lowest BCUT2D eigenvalue weighted by Crippen LogP contribution is -2.07. The predicted octanol–water partition coefficient (Wildman–Crippen LogP) is 2.76. The molecule has 1 rings (SSSR count). The molecule has 0 aliphatic heterocycles. The minimum Gasteiger partial charge on any atom is -0.402 e. The monoisotopic (exact) mass is 253 g/mol. The van der Waals surface area contributed by atoms with E-state index in [0.29, 0.717) is 0 Å². The van der Waals surface area contributed by atoms with Gasteiger partial charge >= 0.3 is 5.97 Å². The molecular weight excluding hydrogens is 251 g/mol. The molecule has 3 nitrogen and oxygen atoms in total. The Kier molecular flexibility index (Phi) is 3.60. The first kappa shape index (κ1) is 11.9. The minimum absolute atomic E-state index is 0.670. The second-order valence-corrected chi connectivity index (χ2v) is 3.03. The number of nitrogens with zero attached hydrogens (tertiary/aromatic N) is 1. The van der Waals surface area contributed by atoms with E-state index in [1.54, 1.807) is 0 Å². The first-order chi connectivity index (χ1) is 6.97. The summed E-state index contributed by atoms with van der Waals surface area (Å²) in [6, 6.07) is 0. The van der Waals surface area contributed by atoms with Crippen LogP contribution < -0.4 is 4.74 Å². The quantitative estimate of drug-likeness (QED) is 0.462. The molecule has 0 aromatic carbocycles. The normalized spacial score (nSPS) is 9.87. The highest BCUT2D eigenvalue weighted by molar-refractivity contribution is 6.35. The van der Waals surface area contributed by atoms with Gasteiger partial charge in [0.05, 0.1) is 0 Å². The van der Waals surface area contributed by atoms with E-state index in [2.05, 4.69) is 16.3 Å². The van der Waals surface area contributed by atoms with Gasteiger partial charge in [-0.1, -0.05) is 29.8 Å². The molecule has 0 atom stereocenters. The molecule has 1 heterocycles.